The lowest BCUT2D eigenvalue weighted by Crippen LogP contribution is -2.50. The predicted octanol–water partition coefficient (Wildman–Crippen LogP) is 3.56. The van der Waals surface area contributed by atoms with Crippen molar-refractivity contribution in [3.8, 4) is 11.5 Å². The van der Waals surface area contributed by atoms with Gasteiger partial charge in [0, 0.05) is 41.9 Å². The minimum atomic E-state index is -0.288. The number of aromatic nitrogens is 4. The molecule has 2 aliphatic heterocycles. The van der Waals surface area contributed by atoms with Crippen LogP contribution < -0.4 is 9.47 Å². The van der Waals surface area contributed by atoms with E-state index in [0.717, 1.165) is 31.2 Å². The first-order valence-corrected chi connectivity index (χ1v) is 11.3. The monoisotopic (exact) mass is 471 g/mol. The van der Waals surface area contributed by atoms with Crippen molar-refractivity contribution in [2.45, 2.75) is 50.3 Å². The van der Waals surface area contributed by atoms with Crippen molar-refractivity contribution in [2.75, 3.05) is 6.61 Å². The number of halogens is 2. The Morgan fingerprint density at radius 2 is 1.91 bits per heavy atom. The fourth-order valence-electron chi connectivity index (χ4n) is 4.80. The molecule has 172 valence electrons. The van der Waals surface area contributed by atoms with E-state index >= 15 is 0 Å². The number of amides is 1. The maximum absolute atomic E-state index is 13.1. The first-order chi connectivity index (χ1) is 16.0. The zero-order valence-electron chi connectivity index (χ0n) is 17.8. The van der Waals surface area contributed by atoms with Crippen molar-refractivity contribution in [3.63, 3.8) is 0 Å². The smallest absolute Gasteiger partial charge is 0.261 e. The number of carbonyl (C=O) groups is 1. The summed E-state index contributed by atoms with van der Waals surface area (Å²) in [7, 11) is 0. The minimum Gasteiger partial charge on any atom is -0.490 e. The van der Waals surface area contributed by atoms with Gasteiger partial charge in [0.15, 0.2) is 12.4 Å². The number of fused-ring (bicyclic) bond motifs is 2. The van der Waals surface area contributed by atoms with Gasteiger partial charge in [-0.1, -0.05) is 16.8 Å². The lowest BCUT2D eigenvalue weighted by atomic mass is 9.99. The van der Waals surface area contributed by atoms with E-state index in [1.54, 1.807) is 30.3 Å². The molecule has 2 aromatic carbocycles. The Morgan fingerprint density at radius 3 is 2.61 bits per heavy atom. The summed E-state index contributed by atoms with van der Waals surface area (Å²) < 4.78 is 25.1. The molecule has 2 atom stereocenters. The van der Waals surface area contributed by atoms with E-state index in [4.69, 9.17) is 21.1 Å². The number of aromatic amines is 1. The molecule has 0 aliphatic carbocycles. The van der Waals surface area contributed by atoms with Gasteiger partial charge in [0.1, 0.15) is 23.4 Å². The van der Waals surface area contributed by atoms with Gasteiger partial charge in [-0.25, -0.2) is 4.39 Å². The summed E-state index contributed by atoms with van der Waals surface area (Å²) in [6.07, 6.45) is 3.80. The fraction of sp³-hybridized carbons (Fsp3) is 0.391. The molecule has 10 heteroatoms. The molecule has 1 N–H and O–H groups in total. The highest BCUT2D eigenvalue weighted by Gasteiger charge is 2.44. The molecule has 5 rings (SSSR count). The third-order valence-electron chi connectivity index (χ3n) is 6.21. The Morgan fingerprint density at radius 1 is 1.15 bits per heavy atom. The molecule has 2 saturated heterocycles. The van der Waals surface area contributed by atoms with Crippen LogP contribution in [-0.4, -0.2) is 56.2 Å². The van der Waals surface area contributed by atoms with Crippen LogP contribution in [0.3, 0.4) is 0 Å². The van der Waals surface area contributed by atoms with Gasteiger partial charge in [-0.3, -0.25) is 4.79 Å². The van der Waals surface area contributed by atoms with Gasteiger partial charge < -0.3 is 14.4 Å². The van der Waals surface area contributed by atoms with Gasteiger partial charge in [0.2, 0.25) is 0 Å². The van der Waals surface area contributed by atoms with E-state index in [-0.39, 0.29) is 36.5 Å². The Hall–Kier alpha value is -3.20. The average Bonchev–Trinajstić information content (AvgIpc) is 3.40. The highest BCUT2D eigenvalue weighted by molar-refractivity contribution is 6.30. The summed E-state index contributed by atoms with van der Waals surface area (Å²) in [6, 6.07) is 11.6. The zero-order valence-corrected chi connectivity index (χ0v) is 18.5. The van der Waals surface area contributed by atoms with Gasteiger partial charge >= 0.3 is 0 Å². The van der Waals surface area contributed by atoms with E-state index in [1.165, 1.54) is 12.1 Å². The number of hydrogen-bond donors (Lipinski definition) is 1. The van der Waals surface area contributed by atoms with Gasteiger partial charge in [-0.2, -0.15) is 5.21 Å². The van der Waals surface area contributed by atoms with Crippen molar-refractivity contribution in [1.82, 2.24) is 25.5 Å². The van der Waals surface area contributed by atoms with Crippen molar-refractivity contribution < 1.29 is 18.7 Å². The molecular weight excluding hydrogens is 449 g/mol. The number of nitrogens with zero attached hydrogens (tertiary/aromatic N) is 4. The maximum Gasteiger partial charge on any atom is 0.261 e. The lowest BCUT2D eigenvalue weighted by Gasteiger charge is -2.38. The van der Waals surface area contributed by atoms with Gasteiger partial charge in [0.25, 0.3) is 5.91 Å². The molecule has 0 radical (unpaired) electrons. The summed E-state index contributed by atoms with van der Waals surface area (Å²) in [5, 5.41) is 14.5. The second-order valence-electron chi connectivity index (χ2n) is 8.40. The largest absolute Gasteiger partial charge is 0.490 e. The summed E-state index contributed by atoms with van der Waals surface area (Å²) in [5.41, 5.74) is 0.783. The van der Waals surface area contributed by atoms with Crippen LogP contribution in [0.25, 0.3) is 0 Å². The molecule has 3 heterocycles. The maximum atomic E-state index is 13.1. The number of nitrogens with one attached hydrogen (secondary N) is 1. The van der Waals surface area contributed by atoms with Crippen LogP contribution in [-0.2, 0) is 11.2 Å². The van der Waals surface area contributed by atoms with Crippen LogP contribution in [0.1, 0.15) is 37.1 Å². The number of tetrazole rings is 1. The third kappa shape index (κ3) is 4.93. The lowest BCUT2D eigenvalue weighted by molar-refractivity contribution is -0.139. The Balaban J connectivity index is 1.20. The summed E-state index contributed by atoms with van der Waals surface area (Å²) in [6.45, 7) is -0.0582. The number of rotatable bonds is 7. The highest BCUT2D eigenvalue weighted by atomic mass is 35.5. The molecule has 33 heavy (non-hydrogen) atoms. The number of hydrogen-bond acceptors (Lipinski definition) is 6. The number of piperidine rings is 1. The van der Waals surface area contributed by atoms with Crippen molar-refractivity contribution in [1.29, 1.82) is 0 Å². The first-order valence-electron chi connectivity index (χ1n) is 10.9. The normalized spacial score (nSPS) is 21.8. The van der Waals surface area contributed by atoms with E-state index in [9.17, 15) is 9.18 Å². The summed E-state index contributed by atoms with van der Waals surface area (Å²) in [5.74, 6) is 1.40. The topological polar surface area (TPSA) is 93.2 Å². The SMILES string of the molecule is O=C(COc1ccc(Cl)cc1Cc1nn[nH]n1)N1C2CCC1CC(Oc1ccc(F)cc1)C2. The fourth-order valence-corrected chi connectivity index (χ4v) is 5.00. The van der Waals surface area contributed by atoms with Gasteiger partial charge in [0.05, 0.1) is 0 Å². The molecule has 0 spiro atoms. The third-order valence-corrected chi connectivity index (χ3v) is 6.44. The molecule has 8 nitrogen and oxygen atoms in total. The van der Waals surface area contributed by atoms with Crippen LogP contribution in [0.4, 0.5) is 4.39 Å². The average molecular weight is 472 g/mol. The van der Waals surface area contributed by atoms with Gasteiger partial charge in [-0.15, -0.1) is 10.2 Å². The molecule has 1 aromatic heterocycles. The van der Waals surface area contributed by atoms with E-state index in [2.05, 4.69) is 20.6 Å². The van der Waals surface area contributed by atoms with Crippen LogP contribution in [0.15, 0.2) is 42.5 Å². The second kappa shape index (κ2) is 9.35. The van der Waals surface area contributed by atoms with Crippen LogP contribution in [0.5, 0.6) is 11.5 Å². The molecule has 2 aliphatic rings. The second-order valence-corrected chi connectivity index (χ2v) is 8.83. The number of ether oxygens (including phenoxy) is 2. The molecule has 1 amide bonds. The Bertz CT molecular complexity index is 1100. The first kappa shape index (κ1) is 21.6. The van der Waals surface area contributed by atoms with E-state index < -0.39 is 0 Å². The number of benzene rings is 2. The van der Waals surface area contributed by atoms with Crippen LogP contribution >= 0.6 is 11.6 Å². The van der Waals surface area contributed by atoms with Crippen molar-refractivity contribution in [2.24, 2.45) is 0 Å². The van der Waals surface area contributed by atoms with E-state index in [1.807, 2.05) is 4.90 Å². The zero-order chi connectivity index (χ0) is 22.8. The minimum absolute atomic E-state index is 0.00996. The van der Waals surface area contributed by atoms with Crippen molar-refractivity contribution >= 4 is 17.5 Å². The van der Waals surface area contributed by atoms with Crippen LogP contribution in [0.2, 0.25) is 5.02 Å². The molecular formula is C23H23ClFN5O3. The Labute approximate surface area is 195 Å². The predicted molar refractivity (Wildman–Crippen MR) is 118 cm³/mol. The molecule has 3 aromatic rings. The van der Waals surface area contributed by atoms with E-state index in [0.29, 0.717) is 28.8 Å². The van der Waals surface area contributed by atoms with Crippen molar-refractivity contribution in [3.05, 3.63) is 64.7 Å². The molecule has 2 unspecified atom stereocenters. The summed E-state index contributed by atoms with van der Waals surface area (Å²) >= 11 is 6.14. The standard InChI is InChI=1S/C23H23ClFN5O3/c24-15-1-8-21(14(9-15)10-22-26-28-29-27-22)32-13-23(31)30-17-4-5-18(30)12-20(11-17)33-19-6-2-16(25)3-7-19/h1-3,6-9,17-18,20H,4-5,10-13H2,(H,26,27,28,29). The summed E-state index contributed by atoms with van der Waals surface area (Å²) in [4.78, 5) is 15.0. The number of H-pyrrole nitrogens is 1. The Kier molecular flexibility index (Phi) is 6.13. The molecule has 0 saturated carbocycles. The molecule has 2 bridgehead atoms. The van der Waals surface area contributed by atoms with Crippen LogP contribution in [0, 0.1) is 5.82 Å². The highest BCUT2D eigenvalue weighted by Crippen LogP contribution is 2.37. The number of carbonyl (C=O) groups excluding carboxylic acids is 1. The van der Waals surface area contributed by atoms with Gasteiger partial charge in [-0.05, 0) is 55.3 Å². The molecule has 2 fully saturated rings. The quantitative estimate of drug-likeness (QED) is 0.566.